The Morgan fingerprint density at radius 3 is 2.18 bits per heavy atom. The molecular weight excluding hydrogens is 391 g/mol. The fourth-order valence-electron chi connectivity index (χ4n) is 2.30. The minimum absolute atomic E-state index is 0.133. The lowest BCUT2D eigenvalue weighted by molar-refractivity contribution is -0.137. The summed E-state index contributed by atoms with van der Waals surface area (Å²) in [7, 11) is -4.14. The van der Waals surface area contributed by atoms with Crippen molar-refractivity contribution in [3.05, 3.63) is 67.0 Å². The topological polar surface area (TPSA) is 116 Å². The highest BCUT2D eigenvalue weighted by Gasteiger charge is 2.30. The van der Waals surface area contributed by atoms with E-state index in [1.807, 2.05) is 0 Å². The molecule has 0 amide bonds. The zero-order valence-corrected chi connectivity index (χ0v) is 15.5. The van der Waals surface area contributed by atoms with E-state index in [-0.39, 0.29) is 11.4 Å². The average Bonchev–Trinajstić information content (AvgIpc) is 2.67. The van der Waals surface area contributed by atoms with Gasteiger partial charge < -0.3 is 15.1 Å². The second-order valence-electron chi connectivity index (χ2n) is 5.60. The summed E-state index contributed by atoms with van der Waals surface area (Å²) in [5, 5.41) is 18.0. The molecule has 0 aliphatic carbocycles. The van der Waals surface area contributed by atoms with Gasteiger partial charge in [-0.3, -0.25) is 4.79 Å². The standard InChI is InChI=1S/C18H19FN2O6S/c1-2-17(20-24)21(12-11-18(22)23)28(25,26)16-9-7-15(8-10-16)27-14-5-3-13(19)4-6-14/h2-10,17,20,24H,1,11-12H2,(H,22,23). The molecule has 3 N–H and O–H groups in total. The maximum Gasteiger partial charge on any atom is 0.304 e. The number of rotatable bonds is 10. The molecule has 0 aromatic heterocycles. The molecule has 8 nitrogen and oxygen atoms in total. The zero-order chi connectivity index (χ0) is 20.7. The summed E-state index contributed by atoms with van der Waals surface area (Å²) in [6.07, 6.45) is -0.540. The van der Waals surface area contributed by atoms with E-state index in [0.29, 0.717) is 11.5 Å². The molecule has 1 atom stereocenters. The molecule has 0 radical (unpaired) electrons. The quantitative estimate of drug-likeness (QED) is 0.313. The van der Waals surface area contributed by atoms with Gasteiger partial charge >= 0.3 is 5.97 Å². The number of benzene rings is 2. The van der Waals surface area contributed by atoms with Crippen LogP contribution in [-0.4, -0.2) is 41.7 Å². The first-order valence-corrected chi connectivity index (χ1v) is 9.51. The van der Waals surface area contributed by atoms with Crippen molar-refractivity contribution >= 4 is 16.0 Å². The first kappa shape index (κ1) is 21.5. The average molecular weight is 410 g/mol. The molecule has 1 unspecified atom stereocenters. The number of hydrogen-bond donors (Lipinski definition) is 3. The van der Waals surface area contributed by atoms with Gasteiger partial charge in [-0.05, 0) is 48.5 Å². The van der Waals surface area contributed by atoms with Crippen molar-refractivity contribution in [2.24, 2.45) is 0 Å². The fraction of sp³-hybridized carbons (Fsp3) is 0.167. The molecule has 0 heterocycles. The minimum atomic E-state index is -4.14. The number of nitrogens with one attached hydrogen (secondary N) is 1. The highest BCUT2D eigenvalue weighted by molar-refractivity contribution is 7.89. The van der Waals surface area contributed by atoms with E-state index in [1.165, 1.54) is 48.5 Å². The number of carbonyl (C=O) groups is 1. The smallest absolute Gasteiger partial charge is 0.304 e. The Morgan fingerprint density at radius 2 is 1.71 bits per heavy atom. The number of aliphatic carboxylic acids is 1. The number of carboxylic acid groups (broad SMARTS) is 1. The lowest BCUT2D eigenvalue weighted by Gasteiger charge is -2.27. The summed E-state index contributed by atoms with van der Waals surface area (Å²) in [6.45, 7) is 3.05. The van der Waals surface area contributed by atoms with Gasteiger partial charge in [0.15, 0.2) is 0 Å². The second-order valence-corrected chi connectivity index (χ2v) is 7.49. The van der Waals surface area contributed by atoms with Gasteiger partial charge in [0.1, 0.15) is 23.5 Å². The summed E-state index contributed by atoms with van der Waals surface area (Å²) in [5.74, 6) is -0.909. The number of halogens is 1. The minimum Gasteiger partial charge on any atom is -0.481 e. The second kappa shape index (κ2) is 9.42. The lowest BCUT2D eigenvalue weighted by Crippen LogP contribution is -2.47. The van der Waals surface area contributed by atoms with Gasteiger partial charge in [-0.2, -0.15) is 9.79 Å². The SMILES string of the molecule is C=CC(NO)N(CCC(=O)O)S(=O)(=O)c1ccc(Oc2ccc(F)cc2)cc1. The Bertz CT molecular complexity index is 916. The highest BCUT2D eigenvalue weighted by Crippen LogP contribution is 2.25. The maximum atomic E-state index is 12.9. The van der Waals surface area contributed by atoms with Gasteiger partial charge in [-0.25, -0.2) is 12.8 Å². The summed E-state index contributed by atoms with van der Waals surface area (Å²) >= 11 is 0. The predicted molar refractivity (Wildman–Crippen MR) is 98.0 cm³/mol. The van der Waals surface area contributed by atoms with Gasteiger partial charge in [0.25, 0.3) is 0 Å². The Morgan fingerprint density at radius 1 is 1.18 bits per heavy atom. The molecule has 2 rings (SSSR count). The number of carboxylic acids is 1. The van der Waals surface area contributed by atoms with Crippen molar-refractivity contribution in [3.63, 3.8) is 0 Å². The number of ether oxygens (including phenoxy) is 1. The molecule has 2 aromatic rings. The number of sulfonamides is 1. The summed E-state index contributed by atoms with van der Waals surface area (Å²) in [4.78, 5) is 10.7. The van der Waals surface area contributed by atoms with Gasteiger partial charge in [-0.15, -0.1) is 6.58 Å². The Labute approximate surface area is 161 Å². The van der Waals surface area contributed by atoms with Crippen LogP contribution in [0.5, 0.6) is 11.5 Å². The molecule has 28 heavy (non-hydrogen) atoms. The molecule has 2 aromatic carbocycles. The highest BCUT2D eigenvalue weighted by atomic mass is 32.2. The summed E-state index contributed by atoms with van der Waals surface area (Å²) in [6, 6.07) is 10.7. The van der Waals surface area contributed by atoms with E-state index in [9.17, 15) is 22.8 Å². The van der Waals surface area contributed by atoms with Gasteiger partial charge in [0.05, 0.1) is 11.3 Å². The number of nitrogens with zero attached hydrogens (tertiary/aromatic N) is 1. The lowest BCUT2D eigenvalue weighted by atomic mass is 10.3. The largest absolute Gasteiger partial charge is 0.481 e. The summed E-state index contributed by atoms with van der Waals surface area (Å²) < 4.78 is 44.9. The van der Waals surface area contributed by atoms with Crippen LogP contribution in [0.2, 0.25) is 0 Å². The van der Waals surface area contributed by atoms with E-state index in [2.05, 4.69) is 6.58 Å². The predicted octanol–water partition coefficient (Wildman–Crippen LogP) is 2.57. The van der Waals surface area contributed by atoms with Crippen molar-refractivity contribution < 1.29 is 32.7 Å². The molecule has 150 valence electrons. The molecule has 0 bridgehead atoms. The summed E-state index contributed by atoms with van der Waals surface area (Å²) in [5.41, 5.74) is 1.78. The van der Waals surface area contributed by atoms with Crippen molar-refractivity contribution in [3.8, 4) is 11.5 Å². The van der Waals surface area contributed by atoms with Crippen LogP contribution in [0.1, 0.15) is 6.42 Å². The van der Waals surface area contributed by atoms with Crippen LogP contribution in [0.15, 0.2) is 66.1 Å². The van der Waals surface area contributed by atoms with Gasteiger partial charge in [0.2, 0.25) is 10.0 Å². The molecule has 0 saturated carbocycles. The molecule has 0 spiro atoms. The third-order valence-corrected chi connectivity index (χ3v) is 5.59. The third kappa shape index (κ3) is 5.36. The monoisotopic (exact) mass is 410 g/mol. The molecule has 0 aliphatic heterocycles. The van der Waals surface area contributed by atoms with Crippen LogP contribution in [0, 0.1) is 5.82 Å². The molecule has 10 heteroatoms. The maximum absolute atomic E-state index is 12.9. The Balaban J connectivity index is 2.25. The molecular formula is C18H19FN2O6S. The number of hydroxylamine groups is 1. The van der Waals surface area contributed by atoms with E-state index in [4.69, 9.17) is 9.84 Å². The molecule has 0 fully saturated rings. The Hall–Kier alpha value is -2.79. The van der Waals surface area contributed by atoms with Crippen LogP contribution in [-0.2, 0) is 14.8 Å². The third-order valence-electron chi connectivity index (χ3n) is 3.69. The van der Waals surface area contributed by atoms with Gasteiger partial charge in [-0.1, -0.05) is 6.08 Å². The number of hydrogen-bond acceptors (Lipinski definition) is 6. The van der Waals surface area contributed by atoms with E-state index in [1.54, 1.807) is 5.48 Å². The van der Waals surface area contributed by atoms with E-state index in [0.717, 1.165) is 10.4 Å². The first-order chi connectivity index (χ1) is 13.3. The van der Waals surface area contributed by atoms with Crippen molar-refractivity contribution in [2.45, 2.75) is 17.5 Å². The van der Waals surface area contributed by atoms with Crippen LogP contribution >= 0.6 is 0 Å². The van der Waals surface area contributed by atoms with E-state index >= 15 is 0 Å². The Kier molecular flexibility index (Phi) is 7.24. The van der Waals surface area contributed by atoms with Crippen LogP contribution in [0.4, 0.5) is 4.39 Å². The fourth-order valence-corrected chi connectivity index (χ4v) is 3.82. The van der Waals surface area contributed by atoms with Crippen molar-refractivity contribution in [2.75, 3.05) is 6.54 Å². The van der Waals surface area contributed by atoms with Crippen molar-refractivity contribution in [1.82, 2.24) is 9.79 Å². The molecule has 0 aliphatic rings. The van der Waals surface area contributed by atoms with Crippen molar-refractivity contribution in [1.29, 1.82) is 0 Å². The van der Waals surface area contributed by atoms with Crippen LogP contribution in [0.25, 0.3) is 0 Å². The van der Waals surface area contributed by atoms with Crippen LogP contribution in [0.3, 0.4) is 0 Å². The first-order valence-electron chi connectivity index (χ1n) is 8.07. The zero-order valence-electron chi connectivity index (χ0n) is 14.7. The van der Waals surface area contributed by atoms with E-state index < -0.39 is 34.4 Å². The molecule has 0 saturated heterocycles. The van der Waals surface area contributed by atoms with Crippen LogP contribution < -0.4 is 10.2 Å². The van der Waals surface area contributed by atoms with Gasteiger partial charge in [0, 0.05) is 6.54 Å². The normalized spacial score (nSPS) is 12.5.